The van der Waals surface area contributed by atoms with Crippen molar-refractivity contribution in [2.45, 2.75) is 12.8 Å². The Morgan fingerprint density at radius 1 is 1.34 bits per heavy atom. The molecule has 0 radical (unpaired) electrons. The van der Waals surface area contributed by atoms with Crippen molar-refractivity contribution in [1.29, 1.82) is 5.41 Å². The number of hydrogen-bond donors (Lipinski definition) is 5. The van der Waals surface area contributed by atoms with Crippen molar-refractivity contribution in [3.05, 3.63) is 41.7 Å². The van der Waals surface area contributed by atoms with Gasteiger partial charge in [0.05, 0.1) is 23.3 Å². The van der Waals surface area contributed by atoms with Crippen molar-refractivity contribution in [3.8, 4) is 0 Å². The summed E-state index contributed by atoms with van der Waals surface area (Å²) in [5.41, 5.74) is 7.27. The van der Waals surface area contributed by atoms with E-state index in [-0.39, 0.29) is 30.1 Å². The van der Waals surface area contributed by atoms with E-state index in [1.54, 1.807) is 18.2 Å². The lowest BCUT2D eigenvalue weighted by molar-refractivity contribution is -0.120. The van der Waals surface area contributed by atoms with E-state index in [9.17, 15) is 18.4 Å². The van der Waals surface area contributed by atoms with Crippen molar-refractivity contribution >= 4 is 40.2 Å². The van der Waals surface area contributed by atoms with Gasteiger partial charge in [0.25, 0.3) is 12.3 Å². The van der Waals surface area contributed by atoms with Gasteiger partial charge in [0.1, 0.15) is 0 Å². The Balaban J connectivity index is 2.47. The first-order chi connectivity index (χ1) is 13.9. The SMILES string of the molecule is CNC(=O)CCNC(=O)c1cnc2ccc(/C(C=N)=C/N)cc2c1NCC(F)F. The molecule has 2 amide bonds. The maximum atomic E-state index is 12.8. The van der Waals surface area contributed by atoms with Gasteiger partial charge < -0.3 is 27.1 Å². The number of rotatable bonds is 9. The summed E-state index contributed by atoms with van der Waals surface area (Å²) in [5.74, 6) is -0.789. The Morgan fingerprint density at radius 3 is 2.72 bits per heavy atom. The number of nitrogens with zero attached hydrogens (tertiary/aromatic N) is 1. The van der Waals surface area contributed by atoms with Crippen LogP contribution in [0, 0.1) is 5.41 Å². The molecule has 0 saturated carbocycles. The van der Waals surface area contributed by atoms with Gasteiger partial charge in [-0.25, -0.2) is 8.78 Å². The molecule has 0 aliphatic heterocycles. The third-order valence-corrected chi connectivity index (χ3v) is 4.13. The van der Waals surface area contributed by atoms with E-state index in [0.717, 1.165) is 6.21 Å². The maximum absolute atomic E-state index is 12.8. The largest absolute Gasteiger partial charge is 0.404 e. The number of halogens is 2. The number of allylic oxidation sites excluding steroid dienone is 1. The van der Waals surface area contributed by atoms with Crippen molar-refractivity contribution in [2.75, 3.05) is 25.5 Å². The van der Waals surface area contributed by atoms with E-state index in [2.05, 4.69) is 20.9 Å². The Morgan fingerprint density at radius 2 is 2.10 bits per heavy atom. The molecule has 2 aromatic rings. The highest BCUT2D eigenvalue weighted by Gasteiger charge is 2.17. The highest BCUT2D eigenvalue weighted by molar-refractivity contribution is 6.11. The van der Waals surface area contributed by atoms with Gasteiger partial charge in [0.2, 0.25) is 5.91 Å². The van der Waals surface area contributed by atoms with E-state index >= 15 is 0 Å². The second-order valence-electron chi connectivity index (χ2n) is 6.00. The monoisotopic (exact) mass is 404 g/mol. The standard InChI is InChI=1S/C19H22F2N6O2/c1-24-17(28)4-5-25-19(29)14-9-26-15-3-2-11(12(7-22)8-23)6-13(15)18(14)27-10-16(20)21/h2-3,6-9,16,22H,4-5,10,23H2,1H3,(H,24,28)(H,25,29)(H,26,27)/b12-8+,22-7?. The molecule has 6 N–H and O–H groups in total. The number of nitrogens with two attached hydrogens (primary N) is 1. The molecule has 1 aromatic carbocycles. The summed E-state index contributed by atoms with van der Waals surface area (Å²) in [4.78, 5) is 28.1. The summed E-state index contributed by atoms with van der Waals surface area (Å²) < 4.78 is 25.6. The van der Waals surface area contributed by atoms with Crippen molar-refractivity contribution in [3.63, 3.8) is 0 Å². The minimum atomic E-state index is -2.63. The molecule has 10 heteroatoms. The van der Waals surface area contributed by atoms with Gasteiger partial charge in [-0.05, 0) is 17.7 Å². The summed E-state index contributed by atoms with van der Waals surface area (Å²) in [5, 5.41) is 15.5. The predicted molar refractivity (Wildman–Crippen MR) is 108 cm³/mol. The average molecular weight is 404 g/mol. The van der Waals surface area contributed by atoms with Crippen LogP contribution in [-0.2, 0) is 4.79 Å². The molecule has 0 fully saturated rings. The van der Waals surface area contributed by atoms with Crippen LogP contribution >= 0.6 is 0 Å². The van der Waals surface area contributed by atoms with E-state index in [1.165, 1.54) is 19.4 Å². The summed E-state index contributed by atoms with van der Waals surface area (Å²) >= 11 is 0. The molecule has 0 spiro atoms. The molecule has 2 rings (SSSR count). The molecule has 0 saturated heterocycles. The molecule has 1 heterocycles. The number of anilines is 1. The molecular formula is C19H22F2N6O2. The Bertz CT molecular complexity index is 946. The Labute approximate surface area is 166 Å². The number of fused-ring (bicyclic) bond motifs is 1. The number of carbonyl (C=O) groups excluding carboxylic acids is 2. The lowest BCUT2D eigenvalue weighted by Crippen LogP contribution is -2.30. The first-order valence-corrected chi connectivity index (χ1v) is 8.77. The van der Waals surface area contributed by atoms with Crippen LogP contribution in [0.15, 0.2) is 30.6 Å². The molecule has 0 bridgehead atoms. The third kappa shape index (κ3) is 5.47. The van der Waals surface area contributed by atoms with Crippen LogP contribution < -0.4 is 21.7 Å². The highest BCUT2D eigenvalue weighted by Crippen LogP contribution is 2.29. The van der Waals surface area contributed by atoms with Crippen LogP contribution in [0.2, 0.25) is 0 Å². The number of pyridine rings is 1. The number of amides is 2. The molecule has 0 aliphatic carbocycles. The number of aromatic nitrogens is 1. The van der Waals surface area contributed by atoms with Crippen LogP contribution in [0.1, 0.15) is 22.3 Å². The second kappa shape index (κ2) is 10.1. The summed E-state index contributed by atoms with van der Waals surface area (Å²) in [6.07, 6.45) is 1.06. The van der Waals surface area contributed by atoms with Gasteiger partial charge in [-0.2, -0.15) is 0 Å². The molecular weight excluding hydrogens is 382 g/mol. The molecule has 0 atom stereocenters. The van der Waals surface area contributed by atoms with E-state index < -0.39 is 18.9 Å². The smallest absolute Gasteiger partial charge is 0.255 e. The Hall–Kier alpha value is -3.56. The number of hydrogen-bond acceptors (Lipinski definition) is 6. The second-order valence-corrected chi connectivity index (χ2v) is 6.00. The molecule has 29 heavy (non-hydrogen) atoms. The van der Waals surface area contributed by atoms with Crippen molar-refractivity contribution in [2.24, 2.45) is 5.73 Å². The number of alkyl halides is 2. The number of carbonyl (C=O) groups is 2. The van der Waals surface area contributed by atoms with Gasteiger partial charge in [0.15, 0.2) is 0 Å². The fourth-order valence-electron chi connectivity index (χ4n) is 2.65. The predicted octanol–water partition coefficient (Wildman–Crippen LogP) is 1.73. The fourth-order valence-corrected chi connectivity index (χ4v) is 2.65. The molecule has 0 unspecified atom stereocenters. The normalized spacial score (nSPS) is 11.4. The fraction of sp³-hybridized carbons (Fsp3) is 0.263. The minimum absolute atomic E-state index is 0.0698. The minimum Gasteiger partial charge on any atom is -0.404 e. The zero-order chi connectivity index (χ0) is 21.4. The van der Waals surface area contributed by atoms with E-state index in [0.29, 0.717) is 22.0 Å². The van der Waals surface area contributed by atoms with Gasteiger partial charge in [-0.1, -0.05) is 6.07 Å². The van der Waals surface area contributed by atoms with Crippen LogP contribution in [0.25, 0.3) is 16.5 Å². The van der Waals surface area contributed by atoms with E-state index in [1.807, 2.05) is 0 Å². The van der Waals surface area contributed by atoms with Crippen molar-refractivity contribution < 1.29 is 18.4 Å². The van der Waals surface area contributed by atoms with Crippen LogP contribution in [-0.4, -0.2) is 49.6 Å². The average Bonchev–Trinajstić information content (AvgIpc) is 2.72. The van der Waals surface area contributed by atoms with Gasteiger partial charge in [-0.15, -0.1) is 0 Å². The van der Waals surface area contributed by atoms with Gasteiger partial charge in [0, 0.05) is 49.6 Å². The Kier molecular flexibility index (Phi) is 7.58. The molecule has 1 aromatic heterocycles. The first kappa shape index (κ1) is 21.7. The van der Waals surface area contributed by atoms with Crippen LogP contribution in [0.4, 0.5) is 14.5 Å². The summed E-state index contributed by atoms with van der Waals surface area (Å²) in [6.45, 7) is -0.579. The van der Waals surface area contributed by atoms with Gasteiger partial charge in [-0.3, -0.25) is 14.6 Å². The van der Waals surface area contributed by atoms with Crippen LogP contribution in [0.5, 0.6) is 0 Å². The summed E-state index contributed by atoms with van der Waals surface area (Å²) in [6, 6.07) is 4.97. The highest BCUT2D eigenvalue weighted by atomic mass is 19.3. The molecule has 154 valence electrons. The zero-order valence-electron chi connectivity index (χ0n) is 15.8. The van der Waals surface area contributed by atoms with Crippen LogP contribution in [0.3, 0.4) is 0 Å². The van der Waals surface area contributed by atoms with E-state index in [4.69, 9.17) is 11.1 Å². The lowest BCUT2D eigenvalue weighted by Gasteiger charge is -2.15. The third-order valence-electron chi connectivity index (χ3n) is 4.13. The number of nitrogens with one attached hydrogen (secondary N) is 4. The number of benzene rings is 1. The topological polar surface area (TPSA) is 133 Å². The van der Waals surface area contributed by atoms with Gasteiger partial charge >= 0.3 is 0 Å². The molecule has 8 nitrogen and oxygen atoms in total. The zero-order valence-corrected chi connectivity index (χ0v) is 15.8. The first-order valence-electron chi connectivity index (χ1n) is 8.77. The quantitative estimate of drug-likeness (QED) is 0.406. The van der Waals surface area contributed by atoms with Crippen molar-refractivity contribution in [1.82, 2.24) is 15.6 Å². The lowest BCUT2D eigenvalue weighted by atomic mass is 10.0. The molecule has 0 aliphatic rings. The summed E-state index contributed by atoms with van der Waals surface area (Å²) in [7, 11) is 1.49. The maximum Gasteiger partial charge on any atom is 0.255 e.